The highest BCUT2D eigenvalue weighted by molar-refractivity contribution is 7.13. The number of carbonyl (C=O) groups excluding carboxylic acids is 2. The van der Waals surface area contributed by atoms with Gasteiger partial charge >= 0.3 is 0 Å². The minimum atomic E-state index is -0.145. The van der Waals surface area contributed by atoms with Crippen LogP contribution in [0.25, 0.3) is 0 Å². The summed E-state index contributed by atoms with van der Waals surface area (Å²) in [6.07, 6.45) is 12.3. The number of nitrogens with zero attached hydrogens (tertiary/aromatic N) is 2. The molecular formula is C25H32ClN5O3S. The molecule has 10 heteroatoms. The second-order valence-electron chi connectivity index (χ2n) is 9.59. The van der Waals surface area contributed by atoms with Crippen LogP contribution in [0.4, 0.5) is 0 Å². The Morgan fingerprint density at radius 1 is 1.23 bits per heavy atom. The van der Waals surface area contributed by atoms with E-state index in [0.717, 1.165) is 62.3 Å². The molecule has 0 bridgehead atoms. The zero-order valence-electron chi connectivity index (χ0n) is 19.9. The van der Waals surface area contributed by atoms with Crippen molar-refractivity contribution in [3.63, 3.8) is 0 Å². The van der Waals surface area contributed by atoms with E-state index >= 15 is 0 Å². The van der Waals surface area contributed by atoms with Crippen LogP contribution in [0.2, 0.25) is 0 Å². The van der Waals surface area contributed by atoms with Gasteiger partial charge in [-0.05, 0) is 25.0 Å². The minimum Gasteiger partial charge on any atom is -0.383 e. The summed E-state index contributed by atoms with van der Waals surface area (Å²) < 4.78 is 5.19. The van der Waals surface area contributed by atoms with Crippen molar-refractivity contribution in [2.75, 3.05) is 26.8 Å². The van der Waals surface area contributed by atoms with E-state index in [-0.39, 0.29) is 35.9 Å². The van der Waals surface area contributed by atoms with Gasteiger partial charge in [-0.1, -0.05) is 36.6 Å². The summed E-state index contributed by atoms with van der Waals surface area (Å²) in [5.41, 5.74) is 1.60. The van der Waals surface area contributed by atoms with Crippen LogP contribution < -0.4 is 16.0 Å². The molecule has 2 aliphatic heterocycles. The number of hydrogen-bond acceptors (Lipinski definition) is 7. The fourth-order valence-electron chi connectivity index (χ4n) is 5.23. The molecule has 2 aliphatic carbocycles. The normalized spacial score (nSPS) is 27.8. The van der Waals surface area contributed by atoms with E-state index in [1.54, 1.807) is 7.11 Å². The molecule has 0 aromatic carbocycles. The number of hydrogen-bond donors (Lipinski definition) is 3. The molecule has 0 spiro atoms. The Labute approximate surface area is 214 Å². The van der Waals surface area contributed by atoms with Crippen LogP contribution >= 0.6 is 22.9 Å². The third-order valence-electron chi connectivity index (χ3n) is 7.17. The van der Waals surface area contributed by atoms with Crippen molar-refractivity contribution in [1.29, 1.82) is 0 Å². The maximum atomic E-state index is 13.1. The Bertz CT molecular complexity index is 1070. The van der Waals surface area contributed by atoms with Crippen LogP contribution in [-0.4, -0.2) is 66.6 Å². The highest BCUT2D eigenvalue weighted by Crippen LogP contribution is 2.28. The summed E-state index contributed by atoms with van der Waals surface area (Å²) in [5, 5.41) is 10.8. The molecule has 188 valence electrons. The minimum absolute atomic E-state index is 0.0569. The SMILES string of the molecule is COCCN1CCc2nc(C(=O)N[C@@H]3CCCC[C@@H]3NC(=O)C3=CC4C=C(Cl)C=CC4N3)sc2C1. The van der Waals surface area contributed by atoms with E-state index in [1.807, 2.05) is 24.3 Å². The molecule has 0 radical (unpaired) electrons. The third kappa shape index (κ3) is 5.63. The van der Waals surface area contributed by atoms with Crippen molar-refractivity contribution in [1.82, 2.24) is 25.8 Å². The number of allylic oxidation sites excluding steroid dienone is 2. The Kier molecular flexibility index (Phi) is 7.57. The molecule has 3 N–H and O–H groups in total. The van der Waals surface area contributed by atoms with Gasteiger partial charge in [-0.3, -0.25) is 14.5 Å². The van der Waals surface area contributed by atoms with Crippen LogP contribution in [0.15, 0.2) is 35.0 Å². The van der Waals surface area contributed by atoms with E-state index < -0.39 is 0 Å². The number of amides is 2. The fourth-order valence-corrected chi connectivity index (χ4v) is 6.51. The summed E-state index contributed by atoms with van der Waals surface area (Å²) in [6, 6.07) is -0.168. The number of methoxy groups -OCH3 is 1. The first-order chi connectivity index (χ1) is 17.0. The van der Waals surface area contributed by atoms with Crippen LogP contribution in [0, 0.1) is 5.92 Å². The summed E-state index contributed by atoms with van der Waals surface area (Å²) in [4.78, 5) is 34.3. The molecule has 1 aromatic rings. The van der Waals surface area contributed by atoms with Gasteiger partial charge in [0, 0.05) is 61.1 Å². The number of ether oxygens (including phenoxy) is 1. The van der Waals surface area contributed by atoms with Crippen LogP contribution in [0.3, 0.4) is 0 Å². The van der Waals surface area contributed by atoms with Gasteiger partial charge < -0.3 is 20.7 Å². The maximum absolute atomic E-state index is 13.1. The van der Waals surface area contributed by atoms with Crippen molar-refractivity contribution >= 4 is 34.8 Å². The number of rotatable bonds is 7. The Hall–Kier alpha value is -2.20. The molecule has 1 aromatic heterocycles. The van der Waals surface area contributed by atoms with Gasteiger partial charge in [-0.2, -0.15) is 0 Å². The molecule has 5 rings (SSSR count). The first-order valence-corrected chi connectivity index (χ1v) is 13.5. The standard InChI is InChI=1S/C25H32ClN5O3S/c1-34-11-10-31-9-8-20-22(14-31)35-25(30-20)24(33)29-19-5-3-2-4-18(19)28-23(32)21-13-15-12-16(26)6-7-17(15)27-21/h6-7,12-13,15,17-19,27H,2-5,8-11,14H2,1H3,(H,28,32)(H,29,33)/t15?,17?,18-,19+/m0/s1. The molecule has 2 unspecified atom stereocenters. The van der Waals surface area contributed by atoms with Crippen molar-refractivity contribution in [3.8, 4) is 0 Å². The van der Waals surface area contributed by atoms with Gasteiger partial charge in [0.2, 0.25) is 0 Å². The summed E-state index contributed by atoms with van der Waals surface area (Å²) in [5.74, 6) is -0.200. The molecule has 2 amide bonds. The van der Waals surface area contributed by atoms with Gasteiger partial charge in [0.25, 0.3) is 11.8 Å². The Morgan fingerprint density at radius 2 is 2.00 bits per heavy atom. The van der Waals surface area contributed by atoms with E-state index in [4.69, 9.17) is 16.3 Å². The molecule has 1 fully saturated rings. The predicted molar refractivity (Wildman–Crippen MR) is 136 cm³/mol. The quantitative estimate of drug-likeness (QED) is 0.514. The lowest BCUT2D eigenvalue weighted by Gasteiger charge is -2.32. The Morgan fingerprint density at radius 3 is 2.77 bits per heavy atom. The predicted octanol–water partition coefficient (Wildman–Crippen LogP) is 2.47. The van der Waals surface area contributed by atoms with Gasteiger partial charge in [0.15, 0.2) is 5.01 Å². The van der Waals surface area contributed by atoms with Crippen LogP contribution in [0.5, 0.6) is 0 Å². The van der Waals surface area contributed by atoms with Crippen LogP contribution in [0.1, 0.15) is 46.1 Å². The molecule has 1 saturated carbocycles. The number of carbonyl (C=O) groups is 2. The molecule has 0 saturated heterocycles. The molecule has 3 heterocycles. The number of fused-ring (bicyclic) bond motifs is 2. The lowest BCUT2D eigenvalue weighted by molar-refractivity contribution is -0.118. The number of halogens is 1. The lowest BCUT2D eigenvalue weighted by atomic mass is 9.90. The Balaban J connectivity index is 1.20. The molecule has 4 atom stereocenters. The lowest BCUT2D eigenvalue weighted by Crippen LogP contribution is -2.54. The molecule has 4 aliphatic rings. The van der Waals surface area contributed by atoms with Gasteiger partial charge in [-0.25, -0.2) is 4.98 Å². The van der Waals surface area contributed by atoms with Crippen molar-refractivity contribution in [2.45, 2.75) is 56.8 Å². The average molecular weight is 518 g/mol. The fraction of sp³-hybridized carbons (Fsp3) is 0.560. The summed E-state index contributed by atoms with van der Waals surface area (Å²) in [6.45, 7) is 3.32. The van der Waals surface area contributed by atoms with E-state index in [2.05, 4.69) is 25.8 Å². The molecular weight excluding hydrogens is 486 g/mol. The zero-order chi connectivity index (χ0) is 24.4. The van der Waals surface area contributed by atoms with E-state index in [0.29, 0.717) is 22.3 Å². The maximum Gasteiger partial charge on any atom is 0.280 e. The van der Waals surface area contributed by atoms with Crippen molar-refractivity contribution < 1.29 is 14.3 Å². The van der Waals surface area contributed by atoms with E-state index in [9.17, 15) is 9.59 Å². The highest BCUT2D eigenvalue weighted by Gasteiger charge is 2.33. The van der Waals surface area contributed by atoms with Gasteiger partial charge in [0.1, 0.15) is 0 Å². The van der Waals surface area contributed by atoms with Gasteiger partial charge in [-0.15, -0.1) is 11.3 Å². The van der Waals surface area contributed by atoms with Crippen LogP contribution in [-0.2, 0) is 22.5 Å². The van der Waals surface area contributed by atoms with Crippen molar-refractivity contribution in [3.05, 3.63) is 50.6 Å². The first-order valence-electron chi connectivity index (χ1n) is 12.4. The molecule has 8 nitrogen and oxygen atoms in total. The third-order valence-corrected chi connectivity index (χ3v) is 8.50. The monoisotopic (exact) mass is 517 g/mol. The molecule has 35 heavy (non-hydrogen) atoms. The smallest absolute Gasteiger partial charge is 0.280 e. The number of nitrogens with one attached hydrogen (secondary N) is 3. The van der Waals surface area contributed by atoms with E-state index in [1.165, 1.54) is 11.3 Å². The summed E-state index contributed by atoms with van der Waals surface area (Å²) in [7, 11) is 1.71. The first kappa shape index (κ1) is 24.5. The number of thiazole rings is 1. The zero-order valence-corrected chi connectivity index (χ0v) is 21.5. The van der Waals surface area contributed by atoms with Crippen molar-refractivity contribution in [2.24, 2.45) is 5.92 Å². The topological polar surface area (TPSA) is 95.6 Å². The highest BCUT2D eigenvalue weighted by atomic mass is 35.5. The second kappa shape index (κ2) is 10.8. The summed E-state index contributed by atoms with van der Waals surface area (Å²) >= 11 is 7.59. The average Bonchev–Trinajstić information content (AvgIpc) is 3.47. The largest absolute Gasteiger partial charge is 0.383 e. The number of aromatic nitrogens is 1. The second-order valence-corrected chi connectivity index (χ2v) is 11.1. The van der Waals surface area contributed by atoms with Gasteiger partial charge in [0.05, 0.1) is 24.0 Å².